The summed E-state index contributed by atoms with van der Waals surface area (Å²) >= 11 is 2.93. The van der Waals surface area contributed by atoms with E-state index in [9.17, 15) is 9.59 Å². The Balaban J connectivity index is 1.28. The molecule has 32 heavy (non-hydrogen) atoms. The molecule has 1 saturated carbocycles. The van der Waals surface area contributed by atoms with Crippen LogP contribution in [-0.2, 0) is 24.2 Å². The van der Waals surface area contributed by atoms with Gasteiger partial charge >= 0.3 is 0 Å². The molecule has 7 nitrogen and oxygen atoms in total. The van der Waals surface area contributed by atoms with E-state index in [0.717, 1.165) is 54.8 Å². The summed E-state index contributed by atoms with van der Waals surface area (Å²) in [5.74, 6) is -0.0141. The van der Waals surface area contributed by atoms with E-state index in [0.29, 0.717) is 23.2 Å². The zero-order valence-corrected chi connectivity index (χ0v) is 19.3. The first-order valence-corrected chi connectivity index (χ1v) is 12.8. The van der Waals surface area contributed by atoms with Crippen LogP contribution in [-0.4, -0.2) is 32.3 Å². The van der Waals surface area contributed by atoms with Crippen molar-refractivity contribution in [1.82, 2.24) is 20.1 Å². The van der Waals surface area contributed by atoms with Crippen molar-refractivity contribution in [2.75, 3.05) is 11.1 Å². The van der Waals surface area contributed by atoms with Crippen LogP contribution < -0.4 is 10.6 Å². The molecule has 2 heterocycles. The first kappa shape index (κ1) is 21.2. The Morgan fingerprint density at radius 3 is 2.78 bits per heavy atom. The number of amides is 2. The lowest BCUT2D eigenvalue weighted by Gasteiger charge is -2.13. The molecule has 2 N–H and O–H groups in total. The molecule has 0 bridgehead atoms. The van der Waals surface area contributed by atoms with Gasteiger partial charge in [0.2, 0.25) is 5.91 Å². The fraction of sp³-hybridized carbons (Fsp3) is 0.391. The maximum absolute atomic E-state index is 13.1. The summed E-state index contributed by atoms with van der Waals surface area (Å²) in [4.78, 5) is 27.1. The van der Waals surface area contributed by atoms with Crippen molar-refractivity contribution >= 4 is 39.9 Å². The molecular weight excluding hydrogens is 442 g/mol. The summed E-state index contributed by atoms with van der Waals surface area (Å²) < 4.78 is 2.05. The zero-order valence-electron chi connectivity index (χ0n) is 17.7. The number of carbonyl (C=O) groups excluding carboxylic acids is 2. The second-order valence-corrected chi connectivity index (χ2v) is 10.2. The van der Waals surface area contributed by atoms with Crippen LogP contribution in [0.2, 0.25) is 0 Å². The summed E-state index contributed by atoms with van der Waals surface area (Å²) in [7, 11) is 0. The van der Waals surface area contributed by atoms with Crippen LogP contribution in [0.25, 0.3) is 0 Å². The number of aromatic nitrogens is 3. The first-order chi connectivity index (χ1) is 15.7. The molecule has 3 aromatic rings. The average Bonchev–Trinajstić information content (AvgIpc) is 3.43. The lowest BCUT2D eigenvalue weighted by Crippen LogP contribution is -2.25. The molecule has 166 valence electrons. The molecule has 0 atom stereocenters. The van der Waals surface area contributed by atoms with E-state index in [4.69, 9.17) is 0 Å². The summed E-state index contributed by atoms with van der Waals surface area (Å²) in [6.45, 7) is 0.463. The van der Waals surface area contributed by atoms with Crippen LogP contribution in [0.15, 0.2) is 41.8 Å². The van der Waals surface area contributed by atoms with E-state index in [2.05, 4.69) is 20.8 Å². The number of fused-ring (bicyclic) bond motifs is 1. The van der Waals surface area contributed by atoms with Crippen LogP contribution in [0.5, 0.6) is 0 Å². The van der Waals surface area contributed by atoms with Crippen molar-refractivity contribution in [3.8, 4) is 0 Å². The van der Waals surface area contributed by atoms with Crippen LogP contribution in [0, 0.1) is 0 Å². The summed E-state index contributed by atoms with van der Waals surface area (Å²) in [5.41, 5.74) is 2.79. The van der Waals surface area contributed by atoms with Crippen LogP contribution in [0.4, 0.5) is 5.00 Å². The van der Waals surface area contributed by atoms with Gasteiger partial charge in [-0.05, 0) is 49.7 Å². The number of nitrogens with zero attached hydrogens (tertiary/aromatic N) is 3. The largest absolute Gasteiger partial charge is 0.348 e. The Labute approximate surface area is 195 Å². The normalized spacial score (nSPS) is 15.2. The van der Waals surface area contributed by atoms with Crippen LogP contribution >= 0.6 is 23.1 Å². The highest BCUT2D eigenvalue weighted by Gasteiger charge is 2.28. The van der Waals surface area contributed by atoms with Crippen molar-refractivity contribution in [2.45, 2.75) is 56.3 Å². The number of rotatable bonds is 8. The number of thioether (sulfide) groups is 1. The van der Waals surface area contributed by atoms with Gasteiger partial charge in [-0.15, -0.1) is 21.5 Å². The molecule has 1 aromatic carbocycles. The molecule has 1 fully saturated rings. The molecule has 0 unspecified atom stereocenters. The van der Waals surface area contributed by atoms with Crippen LogP contribution in [0.1, 0.15) is 58.1 Å². The average molecular weight is 468 g/mol. The summed E-state index contributed by atoms with van der Waals surface area (Å²) in [6.07, 6.45) is 8.06. The molecular formula is C23H25N5O2S2. The maximum Gasteiger partial charge on any atom is 0.254 e. The number of hydrogen-bond donors (Lipinski definition) is 2. The molecule has 0 saturated heterocycles. The number of nitrogens with one attached hydrogen (secondary N) is 2. The van der Waals surface area contributed by atoms with E-state index < -0.39 is 0 Å². The van der Waals surface area contributed by atoms with Crippen molar-refractivity contribution in [3.63, 3.8) is 0 Å². The fourth-order valence-electron chi connectivity index (χ4n) is 3.99. The SMILES string of the molecule is O=C(CSc1nncn1C1CC1)Nc1sc2c(c1C(=O)NCc1ccccc1)CCCC2. The molecule has 9 heteroatoms. The van der Waals surface area contributed by atoms with E-state index in [1.54, 1.807) is 17.7 Å². The Kier molecular flexibility index (Phi) is 6.27. The first-order valence-electron chi connectivity index (χ1n) is 11.0. The Morgan fingerprint density at radius 2 is 1.97 bits per heavy atom. The highest BCUT2D eigenvalue weighted by Crippen LogP contribution is 2.39. The quantitative estimate of drug-likeness (QED) is 0.485. The predicted octanol–water partition coefficient (Wildman–Crippen LogP) is 4.21. The molecule has 0 aliphatic heterocycles. The number of hydrogen-bond acceptors (Lipinski definition) is 6. The van der Waals surface area contributed by atoms with Gasteiger partial charge in [0.25, 0.3) is 5.91 Å². The minimum Gasteiger partial charge on any atom is -0.348 e. The van der Waals surface area contributed by atoms with Gasteiger partial charge in [-0.25, -0.2) is 0 Å². The van der Waals surface area contributed by atoms with Gasteiger partial charge in [0, 0.05) is 17.5 Å². The second-order valence-electron chi connectivity index (χ2n) is 8.17. The number of anilines is 1. The standard InChI is InChI=1S/C23H25N5O2S2/c29-19(13-31-23-27-25-14-28(23)16-10-11-16)26-22-20(17-8-4-5-9-18(17)32-22)21(30)24-12-15-6-2-1-3-7-15/h1-3,6-7,14,16H,4-5,8-13H2,(H,24,30)(H,26,29). The topological polar surface area (TPSA) is 88.9 Å². The third-order valence-electron chi connectivity index (χ3n) is 5.76. The zero-order chi connectivity index (χ0) is 21.9. The van der Waals surface area contributed by atoms with Gasteiger partial charge in [-0.1, -0.05) is 42.1 Å². The second kappa shape index (κ2) is 9.46. The minimum absolute atomic E-state index is 0.121. The van der Waals surface area contributed by atoms with Crippen molar-refractivity contribution in [3.05, 3.63) is 58.2 Å². The number of carbonyl (C=O) groups is 2. The van der Waals surface area contributed by atoms with Gasteiger partial charge in [0.05, 0.1) is 11.3 Å². The fourth-order valence-corrected chi connectivity index (χ4v) is 6.08. The molecule has 2 amide bonds. The van der Waals surface area contributed by atoms with Gasteiger partial charge in [0.1, 0.15) is 11.3 Å². The summed E-state index contributed by atoms with van der Waals surface area (Å²) in [5, 5.41) is 15.6. The van der Waals surface area contributed by atoms with Gasteiger partial charge < -0.3 is 15.2 Å². The Hall–Kier alpha value is -2.65. The molecule has 5 rings (SSSR count). The summed E-state index contributed by atoms with van der Waals surface area (Å²) in [6, 6.07) is 10.3. The lowest BCUT2D eigenvalue weighted by molar-refractivity contribution is -0.113. The van der Waals surface area contributed by atoms with Crippen molar-refractivity contribution in [2.24, 2.45) is 0 Å². The predicted molar refractivity (Wildman–Crippen MR) is 126 cm³/mol. The van der Waals surface area contributed by atoms with Crippen molar-refractivity contribution in [1.29, 1.82) is 0 Å². The van der Waals surface area contributed by atoms with E-state index in [-0.39, 0.29) is 17.6 Å². The van der Waals surface area contributed by atoms with E-state index >= 15 is 0 Å². The van der Waals surface area contributed by atoms with Gasteiger partial charge in [0.15, 0.2) is 5.16 Å². The van der Waals surface area contributed by atoms with Crippen molar-refractivity contribution < 1.29 is 9.59 Å². The Morgan fingerprint density at radius 1 is 1.16 bits per heavy atom. The Bertz CT molecular complexity index is 1120. The monoisotopic (exact) mass is 467 g/mol. The highest BCUT2D eigenvalue weighted by atomic mass is 32.2. The van der Waals surface area contributed by atoms with E-state index in [1.165, 1.54) is 16.6 Å². The molecule has 2 aliphatic carbocycles. The van der Waals surface area contributed by atoms with Gasteiger partial charge in [-0.3, -0.25) is 9.59 Å². The molecule has 0 radical (unpaired) electrons. The van der Waals surface area contributed by atoms with E-state index in [1.807, 2.05) is 34.9 Å². The highest BCUT2D eigenvalue weighted by molar-refractivity contribution is 7.99. The molecule has 2 aliphatic rings. The number of benzene rings is 1. The third-order valence-corrected chi connectivity index (χ3v) is 7.92. The third kappa shape index (κ3) is 4.73. The molecule has 2 aromatic heterocycles. The molecule has 0 spiro atoms. The number of thiophene rings is 1. The number of aryl methyl sites for hydroxylation is 1. The smallest absolute Gasteiger partial charge is 0.254 e. The maximum atomic E-state index is 13.1. The van der Waals surface area contributed by atoms with Gasteiger partial charge in [-0.2, -0.15) is 0 Å². The minimum atomic E-state index is -0.129. The lowest BCUT2D eigenvalue weighted by atomic mass is 9.95. The van der Waals surface area contributed by atoms with Crippen LogP contribution in [0.3, 0.4) is 0 Å².